The summed E-state index contributed by atoms with van der Waals surface area (Å²) in [6.07, 6.45) is 5.72. The van der Waals surface area contributed by atoms with Gasteiger partial charge in [-0.2, -0.15) is 0 Å². The van der Waals surface area contributed by atoms with E-state index in [9.17, 15) is 14.4 Å². The van der Waals surface area contributed by atoms with Crippen molar-refractivity contribution in [1.82, 2.24) is 10.6 Å². The van der Waals surface area contributed by atoms with Crippen molar-refractivity contribution in [2.24, 2.45) is 17.6 Å². The quantitative estimate of drug-likeness (QED) is 0.286. The molecule has 0 aromatic heterocycles. The van der Waals surface area contributed by atoms with Crippen LogP contribution in [0.5, 0.6) is 0 Å². The smallest absolute Gasteiger partial charge is 0.407 e. The standard InChI is InChI=1S/C32H45N3O4/c1-32(2,3)39-31(38)34-21-13-12-20-26(22-27(36)28(33)23-14-10-11-15-23)30(37)35-29(24-16-6-4-7-17-24)25-18-8-5-9-19-25/h4-9,16-19,23,26,28-29H,10-15,20-22,33H2,1-3H3,(H,34,38)(H,35,37)/t26-,28+/m1/s1. The Morgan fingerprint density at radius 3 is 2.03 bits per heavy atom. The van der Waals surface area contributed by atoms with Gasteiger partial charge in [-0.25, -0.2) is 4.79 Å². The summed E-state index contributed by atoms with van der Waals surface area (Å²) in [5, 5.41) is 5.99. The first-order chi connectivity index (χ1) is 18.6. The van der Waals surface area contributed by atoms with Gasteiger partial charge in [0.15, 0.2) is 5.78 Å². The van der Waals surface area contributed by atoms with Crippen molar-refractivity contribution in [3.63, 3.8) is 0 Å². The van der Waals surface area contributed by atoms with Gasteiger partial charge >= 0.3 is 6.09 Å². The molecule has 2 aromatic rings. The van der Waals surface area contributed by atoms with Crippen molar-refractivity contribution in [2.45, 2.75) is 89.8 Å². The molecule has 2 amide bonds. The SMILES string of the molecule is CC(C)(C)OC(=O)NCCCC[C@H](CC(=O)[C@@H](N)C1CCCC1)C(=O)NC(c1ccccc1)c1ccccc1. The van der Waals surface area contributed by atoms with Gasteiger partial charge in [-0.05, 0) is 63.5 Å². The molecule has 0 bridgehead atoms. The molecule has 0 heterocycles. The van der Waals surface area contributed by atoms with Crippen LogP contribution in [0.3, 0.4) is 0 Å². The van der Waals surface area contributed by atoms with E-state index in [0.29, 0.717) is 25.8 Å². The van der Waals surface area contributed by atoms with Crippen LogP contribution in [0.2, 0.25) is 0 Å². The molecular formula is C32H45N3O4. The van der Waals surface area contributed by atoms with Crippen molar-refractivity contribution in [3.05, 3.63) is 71.8 Å². The highest BCUT2D eigenvalue weighted by Crippen LogP contribution is 2.29. The predicted molar refractivity (Wildman–Crippen MR) is 154 cm³/mol. The molecule has 1 fully saturated rings. The number of Topliss-reactive ketones (excluding diaryl/α,β-unsaturated/α-hetero) is 1. The average molecular weight is 536 g/mol. The fraction of sp³-hybridized carbons (Fsp3) is 0.531. The Morgan fingerprint density at radius 2 is 1.49 bits per heavy atom. The third-order valence-corrected chi connectivity index (χ3v) is 7.30. The maximum Gasteiger partial charge on any atom is 0.407 e. The first-order valence-electron chi connectivity index (χ1n) is 14.3. The monoisotopic (exact) mass is 535 g/mol. The van der Waals surface area contributed by atoms with Gasteiger partial charge in [-0.15, -0.1) is 0 Å². The first kappa shape index (κ1) is 30.4. The number of amides is 2. The number of ether oxygens (including phenoxy) is 1. The van der Waals surface area contributed by atoms with Crippen molar-refractivity contribution in [1.29, 1.82) is 0 Å². The van der Waals surface area contributed by atoms with Gasteiger partial charge < -0.3 is 21.1 Å². The van der Waals surface area contributed by atoms with Crippen molar-refractivity contribution < 1.29 is 19.1 Å². The van der Waals surface area contributed by atoms with Crippen LogP contribution in [-0.2, 0) is 14.3 Å². The Balaban J connectivity index is 1.67. The third-order valence-electron chi connectivity index (χ3n) is 7.30. The lowest BCUT2D eigenvalue weighted by Gasteiger charge is -2.25. The summed E-state index contributed by atoms with van der Waals surface area (Å²) in [6, 6.07) is 18.9. The molecule has 1 aliphatic carbocycles. The van der Waals surface area contributed by atoms with Gasteiger partial charge in [0.2, 0.25) is 5.91 Å². The molecule has 0 unspecified atom stereocenters. The van der Waals surface area contributed by atoms with Crippen LogP contribution in [0.4, 0.5) is 4.79 Å². The maximum absolute atomic E-state index is 13.7. The van der Waals surface area contributed by atoms with Gasteiger partial charge in [0.25, 0.3) is 0 Å². The second kappa shape index (κ2) is 14.8. The molecule has 0 aliphatic heterocycles. The molecular weight excluding hydrogens is 490 g/mol. The Kier molecular flexibility index (Phi) is 11.5. The molecule has 2 aromatic carbocycles. The maximum atomic E-state index is 13.7. The van der Waals surface area contributed by atoms with Crippen LogP contribution in [0.15, 0.2) is 60.7 Å². The fourth-order valence-electron chi connectivity index (χ4n) is 5.21. The number of hydrogen-bond donors (Lipinski definition) is 3. The molecule has 1 saturated carbocycles. The van der Waals surface area contributed by atoms with Gasteiger partial charge in [-0.1, -0.05) is 79.9 Å². The Labute approximate surface area is 233 Å². The topological polar surface area (TPSA) is 111 Å². The molecule has 212 valence electrons. The number of rotatable bonds is 13. The normalized spacial score (nSPS) is 15.5. The van der Waals surface area contributed by atoms with E-state index < -0.39 is 23.7 Å². The molecule has 39 heavy (non-hydrogen) atoms. The van der Waals surface area contributed by atoms with Crippen molar-refractivity contribution in [2.75, 3.05) is 6.54 Å². The van der Waals surface area contributed by atoms with Gasteiger partial charge in [0, 0.05) is 18.9 Å². The van der Waals surface area contributed by atoms with Gasteiger partial charge in [-0.3, -0.25) is 9.59 Å². The largest absolute Gasteiger partial charge is 0.444 e. The van der Waals surface area contributed by atoms with Gasteiger partial charge in [0.1, 0.15) is 5.60 Å². The fourth-order valence-corrected chi connectivity index (χ4v) is 5.21. The molecule has 0 radical (unpaired) electrons. The zero-order valence-corrected chi connectivity index (χ0v) is 23.7. The number of alkyl carbamates (subject to hydrolysis) is 1. The van der Waals surface area contributed by atoms with E-state index in [1.54, 1.807) is 0 Å². The number of benzene rings is 2. The minimum absolute atomic E-state index is 0.0371. The number of carbonyl (C=O) groups is 3. The molecule has 7 heteroatoms. The lowest BCUT2D eigenvalue weighted by atomic mass is 9.87. The minimum atomic E-state index is -0.556. The van der Waals surface area contributed by atoms with E-state index >= 15 is 0 Å². The summed E-state index contributed by atoms with van der Waals surface area (Å²) in [7, 11) is 0. The van der Waals surface area contributed by atoms with E-state index in [4.69, 9.17) is 10.5 Å². The van der Waals surface area contributed by atoms with E-state index in [1.165, 1.54) is 0 Å². The summed E-state index contributed by atoms with van der Waals surface area (Å²) in [4.78, 5) is 38.9. The summed E-state index contributed by atoms with van der Waals surface area (Å²) >= 11 is 0. The van der Waals surface area contributed by atoms with Crippen LogP contribution in [-0.4, -0.2) is 36.0 Å². The number of nitrogens with two attached hydrogens (primary N) is 1. The van der Waals surface area contributed by atoms with E-state index in [1.807, 2.05) is 81.4 Å². The van der Waals surface area contributed by atoms with E-state index in [2.05, 4.69) is 10.6 Å². The van der Waals surface area contributed by atoms with Crippen LogP contribution in [0.25, 0.3) is 0 Å². The average Bonchev–Trinajstić information content (AvgIpc) is 3.45. The highest BCUT2D eigenvalue weighted by atomic mass is 16.6. The second-order valence-electron chi connectivity index (χ2n) is 11.6. The number of nitrogens with one attached hydrogen (secondary N) is 2. The molecule has 0 spiro atoms. The molecule has 4 N–H and O–H groups in total. The van der Waals surface area contributed by atoms with Crippen molar-refractivity contribution >= 4 is 17.8 Å². The zero-order chi connectivity index (χ0) is 28.3. The molecule has 0 saturated heterocycles. The highest BCUT2D eigenvalue weighted by molar-refractivity contribution is 5.90. The number of hydrogen-bond acceptors (Lipinski definition) is 5. The Hall–Kier alpha value is -3.19. The summed E-state index contributed by atoms with van der Waals surface area (Å²) in [5.74, 6) is -0.480. The second-order valence-corrected chi connectivity index (χ2v) is 11.6. The molecule has 2 atom stereocenters. The predicted octanol–water partition coefficient (Wildman–Crippen LogP) is 5.68. The van der Waals surface area contributed by atoms with Crippen molar-refractivity contribution in [3.8, 4) is 0 Å². The number of carbonyl (C=O) groups excluding carboxylic acids is 3. The van der Waals surface area contributed by atoms with E-state index in [0.717, 1.165) is 36.8 Å². The molecule has 7 nitrogen and oxygen atoms in total. The minimum Gasteiger partial charge on any atom is -0.444 e. The Bertz CT molecular complexity index is 1010. The van der Waals surface area contributed by atoms with Crippen LogP contribution < -0.4 is 16.4 Å². The summed E-state index contributed by atoms with van der Waals surface area (Å²) in [5.41, 5.74) is 7.77. The number of unbranched alkanes of at least 4 members (excludes halogenated alkanes) is 1. The number of ketones is 1. The van der Waals surface area contributed by atoms with Gasteiger partial charge in [0.05, 0.1) is 12.1 Å². The molecule has 3 rings (SSSR count). The lowest BCUT2D eigenvalue weighted by Crippen LogP contribution is -2.41. The van der Waals surface area contributed by atoms with Crippen LogP contribution >= 0.6 is 0 Å². The highest BCUT2D eigenvalue weighted by Gasteiger charge is 2.31. The Morgan fingerprint density at radius 1 is 0.923 bits per heavy atom. The lowest BCUT2D eigenvalue weighted by molar-refractivity contribution is -0.131. The zero-order valence-electron chi connectivity index (χ0n) is 23.7. The van der Waals surface area contributed by atoms with E-state index in [-0.39, 0.29) is 30.1 Å². The summed E-state index contributed by atoms with van der Waals surface area (Å²) in [6.45, 7) is 5.90. The first-order valence-corrected chi connectivity index (χ1v) is 14.3. The summed E-state index contributed by atoms with van der Waals surface area (Å²) < 4.78 is 5.29. The van der Waals surface area contributed by atoms with Crippen LogP contribution in [0, 0.1) is 11.8 Å². The molecule has 1 aliphatic rings. The van der Waals surface area contributed by atoms with Crippen LogP contribution in [0.1, 0.15) is 89.3 Å². The third kappa shape index (κ3) is 10.1.